The fourth-order valence-corrected chi connectivity index (χ4v) is 4.15. The third-order valence-electron chi connectivity index (χ3n) is 5.72. The van der Waals surface area contributed by atoms with E-state index in [1.807, 2.05) is 35.2 Å². The monoisotopic (exact) mass is 382 g/mol. The average molecular weight is 382 g/mol. The SMILES string of the molecule is O=C(NCCc1nc(-c2ccccc2)no1)[C@H]1CCC(=O)N(C2CCCC2)C1. The van der Waals surface area contributed by atoms with Crippen LogP contribution in [0.2, 0.25) is 0 Å². The van der Waals surface area contributed by atoms with Gasteiger partial charge in [-0.15, -0.1) is 0 Å². The van der Waals surface area contributed by atoms with Gasteiger partial charge in [0.15, 0.2) is 0 Å². The first-order valence-corrected chi connectivity index (χ1v) is 10.2. The number of carbonyl (C=O) groups is 2. The number of nitrogens with one attached hydrogen (secondary N) is 1. The second-order valence-electron chi connectivity index (χ2n) is 7.64. The van der Waals surface area contributed by atoms with Crippen molar-refractivity contribution >= 4 is 11.8 Å². The number of likely N-dealkylation sites (tertiary alicyclic amines) is 1. The summed E-state index contributed by atoms with van der Waals surface area (Å²) in [6.45, 7) is 0.997. The molecule has 1 atom stereocenters. The van der Waals surface area contributed by atoms with Gasteiger partial charge < -0.3 is 14.7 Å². The smallest absolute Gasteiger partial charge is 0.228 e. The number of nitrogens with zero attached hydrogens (tertiary/aromatic N) is 3. The van der Waals surface area contributed by atoms with E-state index < -0.39 is 0 Å². The molecule has 1 aromatic heterocycles. The molecule has 148 valence electrons. The van der Waals surface area contributed by atoms with Crippen LogP contribution in [0.25, 0.3) is 11.4 Å². The Labute approximate surface area is 164 Å². The summed E-state index contributed by atoms with van der Waals surface area (Å²) in [5.41, 5.74) is 0.903. The van der Waals surface area contributed by atoms with Gasteiger partial charge in [0.2, 0.25) is 23.5 Å². The topological polar surface area (TPSA) is 88.3 Å². The van der Waals surface area contributed by atoms with Crippen molar-refractivity contribution in [3.63, 3.8) is 0 Å². The number of carbonyl (C=O) groups excluding carboxylic acids is 2. The normalized spacial score (nSPS) is 20.5. The van der Waals surface area contributed by atoms with Crippen LogP contribution < -0.4 is 5.32 Å². The van der Waals surface area contributed by atoms with Crippen LogP contribution in [0.15, 0.2) is 34.9 Å². The van der Waals surface area contributed by atoms with Crippen LogP contribution >= 0.6 is 0 Å². The predicted molar refractivity (Wildman–Crippen MR) is 103 cm³/mol. The Morgan fingerprint density at radius 1 is 1.18 bits per heavy atom. The number of hydrogen-bond donors (Lipinski definition) is 1. The van der Waals surface area contributed by atoms with Crippen molar-refractivity contribution in [3.05, 3.63) is 36.2 Å². The maximum Gasteiger partial charge on any atom is 0.228 e. The van der Waals surface area contributed by atoms with Crippen LogP contribution in [0.1, 0.15) is 44.4 Å². The van der Waals surface area contributed by atoms with E-state index in [-0.39, 0.29) is 17.7 Å². The molecule has 7 heteroatoms. The molecule has 0 bridgehead atoms. The summed E-state index contributed by atoms with van der Waals surface area (Å²) in [6.07, 6.45) is 6.09. The molecule has 2 aliphatic rings. The summed E-state index contributed by atoms with van der Waals surface area (Å²) >= 11 is 0. The van der Waals surface area contributed by atoms with Gasteiger partial charge in [-0.1, -0.05) is 48.3 Å². The van der Waals surface area contributed by atoms with Gasteiger partial charge in [0.25, 0.3) is 0 Å². The van der Waals surface area contributed by atoms with E-state index in [0.717, 1.165) is 18.4 Å². The van der Waals surface area contributed by atoms with Crippen LogP contribution in [0, 0.1) is 5.92 Å². The molecule has 1 aliphatic heterocycles. The van der Waals surface area contributed by atoms with Crippen LogP contribution in [0.4, 0.5) is 0 Å². The van der Waals surface area contributed by atoms with Gasteiger partial charge in [-0.25, -0.2) is 0 Å². The average Bonchev–Trinajstić information content (AvgIpc) is 3.41. The molecule has 0 spiro atoms. The Balaban J connectivity index is 1.26. The third kappa shape index (κ3) is 4.24. The number of amides is 2. The minimum absolute atomic E-state index is 0.0123. The Bertz CT molecular complexity index is 814. The summed E-state index contributed by atoms with van der Waals surface area (Å²) in [5.74, 6) is 1.15. The van der Waals surface area contributed by atoms with E-state index >= 15 is 0 Å². The molecule has 0 radical (unpaired) electrons. The fourth-order valence-electron chi connectivity index (χ4n) is 4.15. The lowest BCUT2D eigenvalue weighted by atomic mass is 9.95. The van der Waals surface area contributed by atoms with Crippen molar-refractivity contribution in [1.29, 1.82) is 0 Å². The summed E-state index contributed by atoms with van der Waals surface area (Å²) in [5, 5.41) is 6.96. The number of hydrogen-bond acceptors (Lipinski definition) is 5. The second-order valence-corrected chi connectivity index (χ2v) is 7.64. The van der Waals surface area contributed by atoms with Gasteiger partial charge in [-0.3, -0.25) is 9.59 Å². The lowest BCUT2D eigenvalue weighted by Crippen LogP contribution is -2.49. The molecule has 2 heterocycles. The molecule has 1 saturated carbocycles. The highest BCUT2D eigenvalue weighted by Crippen LogP contribution is 2.28. The molecular weight excluding hydrogens is 356 g/mol. The van der Waals surface area contributed by atoms with Crippen LogP contribution in [0.3, 0.4) is 0 Å². The quantitative estimate of drug-likeness (QED) is 0.830. The zero-order valence-corrected chi connectivity index (χ0v) is 16.0. The van der Waals surface area contributed by atoms with Gasteiger partial charge in [0.1, 0.15) is 0 Å². The number of piperidine rings is 1. The zero-order valence-electron chi connectivity index (χ0n) is 16.0. The molecule has 0 unspecified atom stereocenters. The summed E-state index contributed by atoms with van der Waals surface area (Å²) < 4.78 is 5.28. The van der Waals surface area contributed by atoms with Gasteiger partial charge in [0, 0.05) is 37.5 Å². The van der Waals surface area contributed by atoms with Crippen molar-refractivity contribution < 1.29 is 14.1 Å². The van der Waals surface area contributed by atoms with Crippen LogP contribution in [-0.2, 0) is 16.0 Å². The van der Waals surface area contributed by atoms with Gasteiger partial charge in [-0.2, -0.15) is 4.98 Å². The van der Waals surface area contributed by atoms with Crippen LogP contribution in [0.5, 0.6) is 0 Å². The highest BCUT2D eigenvalue weighted by molar-refractivity contribution is 5.84. The molecule has 7 nitrogen and oxygen atoms in total. The lowest BCUT2D eigenvalue weighted by Gasteiger charge is -2.36. The number of rotatable bonds is 6. The Morgan fingerprint density at radius 2 is 1.96 bits per heavy atom. The van der Waals surface area contributed by atoms with Gasteiger partial charge in [0.05, 0.1) is 5.92 Å². The third-order valence-corrected chi connectivity index (χ3v) is 5.72. The molecular formula is C21H26N4O3. The summed E-state index contributed by atoms with van der Waals surface area (Å²) in [6, 6.07) is 9.98. The molecule has 4 rings (SSSR count). The van der Waals surface area contributed by atoms with Crippen LogP contribution in [-0.4, -0.2) is 46.0 Å². The van der Waals surface area contributed by atoms with E-state index in [1.165, 1.54) is 12.8 Å². The van der Waals surface area contributed by atoms with Crippen molar-refractivity contribution in [2.45, 2.75) is 51.0 Å². The molecule has 2 amide bonds. The minimum atomic E-state index is -0.124. The molecule has 1 saturated heterocycles. The van der Waals surface area contributed by atoms with E-state index in [2.05, 4.69) is 15.5 Å². The molecule has 2 aromatic rings. The summed E-state index contributed by atoms with van der Waals surface area (Å²) in [4.78, 5) is 31.1. The van der Waals surface area contributed by atoms with E-state index in [9.17, 15) is 9.59 Å². The predicted octanol–water partition coefficient (Wildman–Crippen LogP) is 2.58. The lowest BCUT2D eigenvalue weighted by molar-refractivity contribution is -0.140. The second kappa shape index (κ2) is 8.54. The largest absolute Gasteiger partial charge is 0.355 e. The van der Waals surface area contributed by atoms with Crippen molar-refractivity contribution in [2.24, 2.45) is 5.92 Å². The van der Waals surface area contributed by atoms with Gasteiger partial charge in [-0.05, 0) is 19.3 Å². The number of benzene rings is 1. The highest BCUT2D eigenvalue weighted by Gasteiger charge is 2.35. The Hall–Kier alpha value is -2.70. The standard InChI is InChI=1S/C21H26N4O3/c26-19-11-10-16(14-25(19)17-8-4-5-9-17)21(27)22-13-12-18-23-20(24-28-18)15-6-2-1-3-7-15/h1-3,6-7,16-17H,4-5,8-14H2,(H,22,27)/t16-/m0/s1. The molecule has 1 aliphatic carbocycles. The molecule has 2 fully saturated rings. The van der Waals surface area contributed by atoms with E-state index in [4.69, 9.17) is 4.52 Å². The van der Waals surface area contributed by atoms with Gasteiger partial charge >= 0.3 is 0 Å². The summed E-state index contributed by atoms with van der Waals surface area (Å²) in [7, 11) is 0. The van der Waals surface area contributed by atoms with Crippen molar-refractivity contribution in [3.8, 4) is 11.4 Å². The molecule has 1 aromatic carbocycles. The molecule has 28 heavy (non-hydrogen) atoms. The van der Waals surface area contributed by atoms with E-state index in [0.29, 0.717) is 50.1 Å². The Kier molecular flexibility index (Phi) is 5.69. The molecule has 1 N–H and O–H groups in total. The van der Waals surface area contributed by atoms with Crippen molar-refractivity contribution in [1.82, 2.24) is 20.4 Å². The fraction of sp³-hybridized carbons (Fsp3) is 0.524. The Morgan fingerprint density at radius 3 is 2.75 bits per heavy atom. The first-order valence-electron chi connectivity index (χ1n) is 10.2. The zero-order chi connectivity index (χ0) is 19.3. The van der Waals surface area contributed by atoms with E-state index in [1.54, 1.807) is 0 Å². The minimum Gasteiger partial charge on any atom is -0.355 e. The maximum atomic E-state index is 12.6. The maximum absolute atomic E-state index is 12.6. The number of aromatic nitrogens is 2. The highest BCUT2D eigenvalue weighted by atomic mass is 16.5. The van der Waals surface area contributed by atoms with Crippen molar-refractivity contribution in [2.75, 3.05) is 13.1 Å². The first-order chi connectivity index (χ1) is 13.7. The first kappa shape index (κ1) is 18.7.